The Morgan fingerprint density at radius 2 is 0.590 bits per heavy atom. The first-order chi connectivity index (χ1) is 65.4. The Kier molecular flexibility index (Phi) is 61.2. The number of benzene rings is 8. The fourth-order valence-corrected chi connectivity index (χ4v) is 17.1. The van der Waals surface area contributed by atoms with Gasteiger partial charge in [-0.25, -0.2) is 0 Å². The van der Waals surface area contributed by atoms with E-state index in [9.17, 15) is 20.4 Å². The number of aliphatic hydroxyl groups is 8. The van der Waals surface area contributed by atoms with E-state index in [0.29, 0.717) is 77.8 Å². The molecule has 0 bridgehead atoms. The number of aryl methyl sites for hydroxylation is 8. The molecule has 8 N–H and O–H groups in total. The molecule has 4 radical (unpaired) electrons. The summed E-state index contributed by atoms with van der Waals surface area (Å²) in [4.78, 5) is 20.1. The molecule has 12 aromatic rings. The Bertz CT molecular complexity index is 5570. The van der Waals surface area contributed by atoms with Crippen molar-refractivity contribution in [2.45, 2.75) is 337 Å². The summed E-state index contributed by atoms with van der Waals surface area (Å²) >= 11 is 0. The monoisotopic (exact) mass is 2670 g/mol. The summed E-state index contributed by atoms with van der Waals surface area (Å²) in [5, 5.41) is 76.4. The van der Waals surface area contributed by atoms with Crippen molar-refractivity contribution in [3.63, 3.8) is 0 Å². The maximum absolute atomic E-state index is 9.47. The molecule has 0 fully saturated rings. The van der Waals surface area contributed by atoms with Gasteiger partial charge in [0.15, 0.2) is 0 Å². The molecule has 4 atom stereocenters. The zero-order valence-corrected chi connectivity index (χ0v) is 103. The molecule has 0 aliphatic rings. The number of rotatable bonds is 28. The Labute approximate surface area is 924 Å². The van der Waals surface area contributed by atoms with Crippen molar-refractivity contribution < 1.29 is 121 Å². The van der Waals surface area contributed by atoms with Gasteiger partial charge in [0.2, 0.25) is 0 Å². The van der Waals surface area contributed by atoms with Crippen LogP contribution in [0, 0.1) is 139 Å². The first kappa shape index (κ1) is 134. The molecule has 8 aromatic carbocycles. The van der Waals surface area contributed by atoms with Gasteiger partial charge in [0.1, 0.15) is 0 Å². The predicted molar refractivity (Wildman–Crippen MR) is 600 cm³/mol. The number of aromatic nitrogens is 4. The van der Waals surface area contributed by atoms with Crippen LogP contribution in [0.15, 0.2) is 193 Å². The van der Waals surface area contributed by atoms with Crippen LogP contribution in [-0.4, -0.2) is 85.2 Å². The average Bonchev–Trinajstić information content (AvgIpc) is 0.802. The van der Waals surface area contributed by atoms with Gasteiger partial charge in [0.05, 0.1) is 69.5 Å². The molecule has 4 aromatic heterocycles. The molecule has 0 aliphatic carbocycles. The van der Waals surface area contributed by atoms with Crippen molar-refractivity contribution in [2.75, 3.05) is 0 Å². The minimum absolute atomic E-state index is 0. The fourth-order valence-electron chi connectivity index (χ4n) is 17.1. The minimum atomic E-state index is -0.537. The standard InChI is InChI=1S/3C25H30N.C23H26N.C11H22O2.C9H18O2.2C5H10O2.4Ir/c3*1-16(2)9-20-14-21(10-17(3)4)23-7-8-24(26-25(23)15-20)22-12-18(5)11-19(6)13-22;1-14(2)18-12-21(15(3)4)20-7-8-22(24-23(20)13-18)19-10-16(5)9-17(6)11-19;1-8(2)5-10(12)7-11(13)6-9(3)4;1-6(2)8(10)5-9(11)7(3)4;2*1-4(6)3-5(2)7;;;;/h3*7-8,11-12,14-17H,9-10H2,1-6H3;7-10,12-15H,1-6H3;7-10,12-13H,5-6H2,1-4H3;5-8,10-11H,1-4H3;2*3-4,6-7H,1-2H3;;;;/q4*-1;;;;;;;;. The largest absolute Gasteiger partial charge is 0.513 e. The molecule has 0 aliphatic heterocycles. The third-order valence-corrected chi connectivity index (χ3v) is 22.8. The molecule has 4 unspecified atom stereocenters. The molecule has 144 heavy (non-hydrogen) atoms. The van der Waals surface area contributed by atoms with Crippen molar-refractivity contribution in [1.82, 2.24) is 19.9 Å². The van der Waals surface area contributed by atoms with E-state index in [1.807, 2.05) is 41.5 Å². The molecule has 12 rings (SSSR count). The van der Waals surface area contributed by atoms with Crippen LogP contribution in [0.3, 0.4) is 0 Å². The van der Waals surface area contributed by atoms with Crippen LogP contribution in [0.5, 0.6) is 0 Å². The van der Waals surface area contributed by atoms with Gasteiger partial charge in [-0.1, -0.05) is 294 Å². The van der Waals surface area contributed by atoms with Crippen LogP contribution in [0.25, 0.3) is 88.6 Å². The van der Waals surface area contributed by atoms with E-state index < -0.39 is 24.4 Å². The van der Waals surface area contributed by atoms with E-state index in [-0.39, 0.29) is 110 Å². The summed E-state index contributed by atoms with van der Waals surface area (Å²) < 4.78 is 0. The van der Waals surface area contributed by atoms with Gasteiger partial charge in [0, 0.05) is 114 Å². The summed E-state index contributed by atoms with van der Waals surface area (Å²) in [6.07, 6.45) is 11.6. The molecule has 796 valence electrons. The molecule has 0 saturated carbocycles. The van der Waals surface area contributed by atoms with Crippen LogP contribution in [0.2, 0.25) is 0 Å². The second-order valence-corrected chi connectivity index (χ2v) is 43.9. The van der Waals surface area contributed by atoms with Crippen molar-refractivity contribution >= 4 is 43.6 Å². The smallest absolute Gasteiger partial charge is 0.0933 e. The van der Waals surface area contributed by atoms with E-state index in [1.165, 1.54) is 120 Å². The summed E-state index contributed by atoms with van der Waals surface area (Å²) in [6, 6.07) is 67.3. The van der Waals surface area contributed by atoms with Gasteiger partial charge in [-0.15, -0.1) is 140 Å². The number of allylic oxidation sites excluding steroid dienone is 4. The van der Waals surface area contributed by atoms with E-state index in [4.69, 9.17) is 40.4 Å². The van der Waals surface area contributed by atoms with Crippen molar-refractivity contribution in [3.8, 4) is 45.0 Å². The maximum atomic E-state index is 9.47. The normalized spacial score (nSPS) is 12.5. The number of pyridine rings is 4. The third-order valence-electron chi connectivity index (χ3n) is 22.8. The van der Waals surface area contributed by atoms with E-state index in [1.54, 1.807) is 19.9 Å². The zero-order valence-electron chi connectivity index (χ0n) is 93.8. The Morgan fingerprint density at radius 3 is 0.812 bits per heavy atom. The van der Waals surface area contributed by atoms with E-state index >= 15 is 0 Å². The number of fused-ring (bicyclic) bond motifs is 4. The van der Waals surface area contributed by atoms with Gasteiger partial charge in [0.25, 0.3) is 0 Å². The van der Waals surface area contributed by atoms with Crippen molar-refractivity contribution in [1.29, 1.82) is 0 Å². The molecule has 4 heterocycles. The van der Waals surface area contributed by atoms with E-state index in [0.717, 1.165) is 128 Å². The molecule has 0 amide bonds. The van der Waals surface area contributed by atoms with Gasteiger partial charge in [-0.2, -0.15) is 0 Å². The number of hydrogen-bond donors (Lipinski definition) is 8. The molecule has 16 heteroatoms. The topological polar surface area (TPSA) is 213 Å². The average molecular weight is 2670 g/mol. The Morgan fingerprint density at radius 1 is 0.306 bits per heavy atom. The SMILES string of the molecule is CC(C)C(O)=CC(O)C(C)C.CC(C)CC(O)=CC(O)CC(C)C.CC(O)=CC(C)O.CC(O)=CC(C)O.Cc1[c-]c(-c2ccc3c(C(C)C)cc(C(C)C)cc3n2)cc(C)c1.Cc1[c-]c(-c2ccc3c(CC(C)C)cc(CC(C)C)cc3n2)cc(C)c1.Cc1[c-]c(-c2ccc3c(CC(C)C)cc(CC(C)C)cc3n2)cc(C)c1.Cc1[c-]c(-c2ccc3c(CC(C)C)cc(CC(C)C)cc3n2)cc(C)c1.[Ir].[Ir].[Ir].[Ir]. The van der Waals surface area contributed by atoms with E-state index in [2.05, 4.69) is 350 Å². The molecular formula is C128H176Ir4N4O8-4. The first-order valence-electron chi connectivity index (χ1n) is 51.4. The molecule has 0 saturated heterocycles. The Hall–Kier alpha value is -8.00. The van der Waals surface area contributed by atoms with Crippen LogP contribution < -0.4 is 0 Å². The number of nitrogens with zero attached hydrogens (tertiary/aromatic N) is 4. The summed E-state index contributed by atoms with van der Waals surface area (Å²) in [5.41, 5.74) is 33.7. The quantitative estimate of drug-likeness (QED) is 0.0170. The summed E-state index contributed by atoms with van der Waals surface area (Å²) in [7, 11) is 0. The first-order valence-corrected chi connectivity index (χ1v) is 51.4. The van der Waals surface area contributed by atoms with Gasteiger partial charge in [-0.3, -0.25) is 19.9 Å². The zero-order chi connectivity index (χ0) is 105. The third kappa shape index (κ3) is 49.0. The van der Waals surface area contributed by atoms with Crippen molar-refractivity contribution in [2.24, 2.45) is 59.2 Å². The number of aliphatic hydroxyl groups excluding tert-OH is 8. The summed E-state index contributed by atoms with van der Waals surface area (Å²) in [6.45, 7) is 75.3. The van der Waals surface area contributed by atoms with Crippen LogP contribution in [0.4, 0.5) is 0 Å². The molecule has 12 nitrogen and oxygen atoms in total. The number of hydrogen-bond acceptors (Lipinski definition) is 12. The second kappa shape index (κ2) is 65.8. The second-order valence-electron chi connectivity index (χ2n) is 43.9. The molecular weight excluding hydrogens is 2490 g/mol. The minimum Gasteiger partial charge on any atom is -0.513 e. The summed E-state index contributed by atoms with van der Waals surface area (Å²) in [5.74, 6) is 6.91. The van der Waals surface area contributed by atoms with Gasteiger partial charge in [-0.05, 0) is 254 Å². The Balaban J connectivity index is 0.000000852. The van der Waals surface area contributed by atoms with Gasteiger partial charge < -0.3 is 40.9 Å². The predicted octanol–water partition coefficient (Wildman–Crippen LogP) is 33.3. The van der Waals surface area contributed by atoms with Crippen molar-refractivity contribution in [3.05, 3.63) is 306 Å². The maximum Gasteiger partial charge on any atom is 0.0933 e. The molecule has 0 spiro atoms. The van der Waals surface area contributed by atoms with Crippen LogP contribution in [0.1, 0.15) is 308 Å². The van der Waals surface area contributed by atoms with Crippen LogP contribution >= 0.6 is 0 Å². The van der Waals surface area contributed by atoms with Crippen LogP contribution in [-0.2, 0) is 119 Å². The van der Waals surface area contributed by atoms with Gasteiger partial charge >= 0.3 is 0 Å². The fraction of sp³-hybridized carbons (Fsp3) is 0.469.